The largest absolute Gasteiger partial charge is 0.268 e. The molecule has 0 fully saturated rings. The molecule has 4 heteroatoms. The van der Waals surface area contributed by atoms with Crippen molar-refractivity contribution >= 4 is 23.8 Å². The summed E-state index contributed by atoms with van der Waals surface area (Å²) >= 11 is 1.45. The predicted octanol–water partition coefficient (Wildman–Crippen LogP) is 1.14. The SMILES string of the molecule is CS[B]c1nccc(C)c1F. The molecule has 0 atom stereocenters. The highest BCUT2D eigenvalue weighted by atomic mass is 32.2. The van der Waals surface area contributed by atoms with E-state index in [1.54, 1.807) is 25.7 Å². The second kappa shape index (κ2) is 3.76. The monoisotopic (exact) mass is 168 g/mol. The topological polar surface area (TPSA) is 12.9 Å². The van der Waals surface area contributed by atoms with E-state index in [0.717, 1.165) is 0 Å². The van der Waals surface area contributed by atoms with E-state index < -0.39 is 0 Å². The van der Waals surface area contributed by atoms with E-state index in [0.29, 0.717) is 11.2 Å². The Hall–Kier alpha value is -0.505. The molecule has 1 radical (unpaired) electrons. The number of pyridine rings is 1. The van der Waals surface area contributed by atoms with Crippen molar-refractivity contribution in [2.45, 2.75) is 6.92 Å². The quantitative estimate of drug-likeness (QED) is 0.614. The van der Waals surface area contributed by atoms with Crippen molar-refractivity contribution in [3.8, 4) is 0 Å². The zero-order valence-corrected chi connectivity index (χ0v) is 7.28. The van der Waals surface area contributed by atoms with Gasteiger partial charge in [-0.1, -0.05) is 0 Å². The molecule has 11 heavy (non-hydrogen) atoms. The Morgan fingerprint density at radius 1 is 1.64 bits per heavy atom. The highest BCUT2D eigenvalue weighted by Crippen LogP contribution is 2.00. The van der Waals surface area contributed by atoms with Gasteiger partial charge in [-0.15, -0.1) is 0 Å². The van der Waals surface area contributed by atoms with Gasteiger partial charge in [0.25, 0.3) is 6.56 Å². The molecule has 1 aromatic heterocycles. The van der Waals surface area contributed by atoms with E-state index >= 15 is 0 Å². The van der Waals surface area contributed by atoms with E-state index in [1.807, 2.05) is 6.26 Å². The van der Waals surface area contributed by atoms with Crippen LogP contribution in [0, 0.1) is 12.7 Å². The van der Waals surface area contributed by atoms with Crippen LogP contribution in [0.4, 0.5) is 4.39 Å². The van der Waals surface area contributed by atoms with Crippen molar-refractivity contribution < 1.29 is 4.39 Å². The molecule has 0 aliphatic carbocycles. The lowest BCUT2D eigenvalue weighted by atomic mass is 9.99. The van der Waals surface area contributed by atoms with Gasteiger partial charge in [0.15, 0.2) is 0 Å². The first-order valence-electron chi connectivity index (χ1n) is 3.23. The Balaban J connectivity index is 2.96. The van der Waals surface area contributed by atoms with Crippen molar-refractivity contribution in [2.75, 3.05) is 6.26 Å². The molecule has 0 aromatic carbocycles. The highest BCUT2D eigenvalue weighted by Gasteiger charge is 2.05. The van der Waals surface area contributed by atoms with Gasteiger partial charge in [-0.2, -0.15) is 0 Å². The first-order chi connectivity index (χ1) is 5.25. The van der Waals surface area contributed by atoms with Gasteiger partial charge >= 0.3 is 0 Å². The van der Waals surface area contributed by atoms with Crippen LogP contribution in [0.5, 0.6) is 0 Å². The second-order valence-corrected chi connectivity index (χ2v) is 2.89. The molecule has 0 N–H and O–H groups in total. The lowest BCUT2D eigenvalue weighted by Gasteiger charge is -2.00. The van der Waals surface area contributed by atoms with Crippen LogP contribution >= 0.6 is 11.6 Å². The summed E-state index contributed by atoms with van der Waals surface area (Å²) in [7, 11) is 0. The van der Waals surface area contributed by atoms with Crippen LogP contribution in [0.3, 0.4) is 0 Å². The fraction of sp³-hybridized carbons (Fsp3) is 0.286. The first kappa shape index (κ1) is 8.59. The Kier molecular flexibility index (Phi) is 2.94. The molecule has 1 nitrogen and oxygen atoms in total. The van der Waals surface area contributed by atoms with Crippen molar-refractivity contribution in [2.24, 2.45) is 0 Å². The van der Waals surface area contributed by atoms with Gasteiger partial charge in [-0.05, 0) is 24.8 Å². The van der Waals surface area contributed by atoms with Crippen molar-refractivity contribution in [1.29, 1.82) is 0 Å². The zero-order chi connectivity index (χ0) is 8.27. The minimum Gasteiger partial charge on any atom is -0.268 e. The summed E-state index contributed by atoms with van der Waals surface area (Å²) in [6.45, 7) is 3.43. The predicted molar refractivity (Wildman–Crippen MR) is 47.8 cm³/mol. The minimum atomic E-state index is -0.221. The van der Waals surface area contributed by atoms with E-state index in [9.17, 15) is 4.39 Å². The average molecular weight is 168 g/mol. The third-order valence-corrected chi connectivity index (χ3v) is 1.80. The van der Waals surface area contributed by atoms with Gasteiger partial charge in [0, 0.05) is 11.8 Å². The van der Waals surface area contributed by atoms with Gasteiger partial charge in [0.2, 0.25) is 0 Å². The standard InChI is InChI=1S/C7H8BFNS/c1-5-3-4-10-7(6(5)9)8-11-2/h3-4H,1-2H3. The highest BCUT2D eigenvalue weighted by molar-refractivity contribution is 8.23. The number of rotatable bonds is 2. The van der Waals surface area contributed by atoms with Gasteiger partial charge < -0.3 is 0 Å². The van der Waals surface area contributed by atoms with Crippen LogP contribution in [-0.2, 0) is 0 Å². The molecule has 0 aliphatic heterocycles. The molecule has 57 valence electrons. The Labute approximate surface area is 70.6 Å². The van der Waals surface area contributed by atoms with Crippen LogP contribution in [0.15, 0.2) is 12.3 Å². The molecule has 0 saturated heterocycles. The van der Waals surface area contributed by atoms with E-state index in [-0.39, 0.29) is 5.82 Å². The number of aryl methyl sites for hydroxylation is 1. The van der Waals surface area contributed by atoms with Crippen molar-refractivity contribution in [1.82, 2.24) is 4.98 Å². The summed E-state index contributed by atoms with van der Waals surface area (Å²) in [5, 5.41) is 0. The van der Waals surface area contributed by atoms with Crippen LogP contribution in [0.1, 0.15) is 5.56 Å². The Bertz CT molecular complexity index is 254. The van der Waals surface area contributed by atoms with Gasteiger partial charge in [-0.25, -0.2) is 16.0 Å². The number of nitrogens with zero attached hydrogens (tertiary/aromatic N) is 1. The molecule has 1 heterocycles. The molecular weight excluding hydrogens is 160 g/mol. The van der Waals surface area contributed by atoms with E-state index in [4.69, 9.17) is 0 Å². The smallest absolute Gasteiger partial charge is 0.258 e. The van der Waals surface area contributed by atoms with Gasteiger partial charge in [0.05, 0.1) is 0 Å². The van der Waals surface area contributed by atoms with Crippen LogP contribution < -0.4 is 5.59 Å². The molecular formula is C7H8BFNS. The van der Waals surface area contributed by atoms with Crippen molar-refractivity contribution in [3.63, 3.8) is 0 Å². The average Bonchev–Trinajstić information content (AvgIpc) is 1.99. The maximum atomic E-state index is 13.1. The summed E-state index contributed by atoms with van der Waals surface area (Å²) < 4.78 is 13.1. The normalized spacial score (nSPS) is 9.73. The van der Waals surface area contributed by atoms with Crippen LogP contribution in [-0.4, -0.2) is 17.8 Å². The van der Waals surface area contributed by atoms with Crippen LogP contribution in [0.25, 0.3) is 0 Å². The Morgan fingerprint density at radius 2 is 2.36 bits per heavy atom. The van der Waals surface area contributed by atoms with Gasteiger partial charge in [0.1, 0.15) is 5.82 Å². The maximum absolute atomic E-state index is 13.1. The molecule has 0 saturated carbocycles. The lowest BCUT2D eigenvalue weighted by Crippen LogP contribution is -2.20. The Morgan fingerprint density at radius 3 is 3.00 bits per heavy atom. The number of aromatic nitrogens is 1. The molecule has 1 aromatic rings. The summed E-state index contributed by atoms with van der Waals surface area (Å²) in [6.07, 6.45) is 3.49. The molecule has 0 amide bonds. The fourth-order valence-electron chi connectivity index (χ4n) is 0.755. The van der Waals surface area contributed by atoms with Crippen LogP contribution in [0.2, 0.25) is 0 Å². The second-order valence-electron chi connectivity index (χ2n) is 2.18. The molecule has 0 unspecified atom stereocenters. The first-order valence-corrected chi connectivity index (χ1v) is 4.51. The maximum Gasteiger partial charge on any atom is 0.258 e. The summed E-state index contributed by atoms with van der Waals surface area (Å²) in [5.74, 6) is -0.221. The summed E-state index contributed by atoms with van der Waals surface area (Å²) in [5.41, 5.74) is 1.07. The number of halogens is 1. The van der Waals surface area contributed by atoms with Gasteiger partial charge in [-0.3, -0.25) is 4.98 Å². The molecule has 0 bridgehead atoms. The molecule has 1 rings (SSSR count). The van der Waals surface area contributed by atoms with E-state index in [2.05, 4.69) is 4.98 Å². The van der Waals surface area contributed by atoms with E-state index in [1.165, 1.54) is 11.6 Å². The number of hydrogen-bond donors (Lipinski definition) is 0. The molecule has 0 aliphatic rings. The molecule has 0 spiro atoms. The van der Waals surface area contributed by atoms with Crippen molar-refractivity contribution in [3.05, 3.63) is 23.6 Å². The fourth-order valence-corrected chi connectivity index (χ4v) is 1.14. The lowest BCUT2D eigenvalue weighted by molar-refractivity contribution is 0.622. The summed E-state index contributed by atoms with van der Waals surface area (Å²) in [6, 6.07) is 1.66. The third kappa shape index (κ3) is 1.96. The number of hydrogen-bond acceptors (Lipinski definition) is 2. The minimum absolute atomic E-state index is 0.221. The zero-order valence-electron chi connectivity index (χ0n) is 6.47. The summed E-state index contributed by atoms with van der Waals surface area (Å²) in [4.78, 5) is 3.88. The third-order valence-electron chi connectivity index (χ3n) is 1.34.